The SMILES string of the molecule is CNC/C=C(/COC)NC=O. The molecule has 0 aromatic rings. The molecule has 0 radical (unpaired) electrons. The molecule has 0 saturated carbocycles. The third kappa shape index (κ3) is 5.57. The van der Waals surface area contributed by atoms with E-state index in [1.807, 2.05) is 13.1 Å². The van der Waals surface area contributed by atoms with Gasteiger partial charge in [0.25, 0.3) is 0 Å². The van der Waals surface area contributed by atoms with Gasteiger partial charge in [0.2, 0.25) is 6.41 Å². The molecule has 0 atom stereocenters. The fourth-order valence-electron chi connectivity index (χ4n) is 0.616. The average molecular weight is 158 g/mol. The van der Waals surface area contributed by atoms with E-state index in [1.54, 1.807) is 7.11 Å². The van der Waals surface area contributed by atoms with E-state index in [4.69, 9.17) is 4.74 Å². The molecule has 4 heteroatoms. The van der Waals surface area contributed by atoms with Gasteiger partial charge in [-0.1, -0.05) is 0 Å². The van der Waals surface area contributed by atoms with Gasteiger partial charge in [0.1, 0.15) is 0 Å². The molecule has 0 aliphatic heterocycles. The topological polar surface area (TPSA) is 50.4 Å². The van der Waals surface area contributed by atoms with E-state index in [2.05, 4.69) is 10.6 Å². The third-order valence-corrected chi connectivity index (χ3v) is 1.10. The van der Waals surface area contributed by atoms with Crippen molar-refractivity contribution in [2.45, 2.75) is 0 Å². The highest BCUT2D eigenvalue weighted by Gasteiger charge is 1.91. The first-order valence-corrected chi connectivity index (χ1v) is 3.38. The zero-order valence-corrected chi connectivity index (χ0v) is 6.89. The summed E-state index contributed by atoms with van der Waals surface area (Å²) in [5.74, 6) is 0. The second-order valence-electron chi connectivity index (χ2n) is 1.98. The van der Waals surface area contributed by atoms with E-state index in [-0.39, 0.29) is 0 Å². The summed E-state index contributed by atoms with van der Waals surface area (Å²) >= 11 is 0. The maximum absolute atomic E-state index is 10.0. The lowest BCUT2D eigenvalue weighted by atomic mass is 10.4. The number of carbonyl (C=O) groups is 1. The molecule has 0 saturated heterocycles. The molecule has 0 heterocycles. The van der Waals surface area contributed by atoms with Gasteiger partial charge in [-0.2, -0.15) is 0 Å². The second-order valence-corrected chi connectivity index (χ2v) is 1.98. The Labute approximate surface area is 66.6 Å². The van der Waals surface area contributed by atoms with E-state index in [1.165, 1.54) is 0 Å². The average Bonchev–Trinajstić information content (AvgIpc) is 2.01. The van der Waals surface area contributed by atoms with Crippen molar-refractivity contribution in [3.05, 3.63) is 11.8 Å². The first kappa shape index (κ1) is 10.1. The molecule has 11 heavy (non-hydrogen) atoms. The highest BCUT2D eigenvalue weighted by atomic mass is 16.5. The zero-order chi connectivity index (χ0) is 8.53. The van der Waals surface area contributed by atoms with E-state index < -0.39 is 0 Å². The summed E-state index contributed by atoms with van der Waals surface area (Å²) in [5.41, 5.74) is 0.775. The Balaban J connectivity index is 3.74. The van der Waals surface area contributed by atoms with Gasteiger partial charge in [-0.15, -0.1) is 0 Å². The lowest BCUT2D eigenvalue weighted by Gasteiger charge is -2.03. The van der Waals surface area contributed by atoms with E-state index in [0.717, 1.165) is 12.2 Å². The molecule has 0 bridgehead atoms. The summed E-state index contributed by atoms with van der Waals surface area (Å²) in [7, 11) is 3.42. The van der Waals surface area contributed by atoms with Crippen molar-refractivity contribution in [1.82, 2.24) is 10.6 Å². The Morgan fingerprint density at radius 3 is 2.82 bits per heavy atom. The maximum Gasteiger partial charge on any atom is 0.211 e. The monoisotopic (exact) mass is 158 g/mol. The van der Waals surface area contributed by atoms with Gasteiger partial charge in [0, 0.05) is 19.4 Å². The van der Waals surface area contributed by atoms with Gasteiger partial charge in [0.15, 0.2) is 0 Å². The first-order chi connectivity index (χ1) is 5.35. The van der Waals surface area contributed by atoms with Crippen molar-refractivity contribution < 1.29 is 9.53 Å². The van der Waals surface area contributed by atoms with E-state index >= 15 is 0 Å². The molecular weight excluding hydrogens is 144 g/mol. The molecule has 2 N–H and O–H groups in total. The first-order valence-electron chi connectivity index (χ1n) is 3.38. The van der Waals surface area contributed by atoms with Crippen molar-refractivity contribution >= 4 is 6.41 Å². The number of hydrogen-bond acceptors (Lipinski definition) is 3. The minimum Gasteiger partial charge on any atom is -0.378 e. The predicted octanol–water partition coefficient (Wildman–Crippen LogP) is -0.518. The van der Waals surface area contributed by atoms with E-state index in [0.29, 0.717) is 13.0 Å². The normalized spacial score (nSPS) is 11.3. The molecular formula is C7H14N2O2. The Morgan fingerprint density at radius 2 is 2.36 bits per heavy atom. The summed E-state index contributed by atoms with van der Waals surface area (Å²) in [5, 5.41) is 5.46. The fourth-order valence-corrected chi connectivity index (χ4v) is 0.616. The molecule has 4 nitrogen and oxygen atoms in total. The molecule has 0 fully saturated rings. The van der Waals surface area contributed by atoms with Crippen molar-refractivity contribution in [2.24, 2.45) is 0 Å². The standard InChI is InChI=1S/C7H14N2O2/c1-8-4-3-7(5-11-2)9-6-10/h3,6,8H,4-5H2,1-2H3,(H,9,10)/b7-3-. The van der Waals surface area contributed by atoms with Gasteiger partial charge in [-0.05, 0) is 13.1 Å². The zero-order valence-electron chi connectivity index (χ0n) is 6.89. The molecule has 0 unspecified atom stereocenters. The second kappa shape index (κ2) is 7.24. The predicted molar refractivity (Wildman–Crippen MR) is 43.1 cm³/mol. The highest BCUT2D eigenvalue weighted by molar-refractivity contribution is 5.50. The van der Waals surface area contributed by atoms with Crippen LogP contribution in [0.3, 0.4) is 0 Å². The van der Waals surface area contributed by atoms with Crippen LogP contribution in [0.5, 0.6) is 0 Å². The number of rotatable bonds is 6. The summed E-state index contributed by atoms with van der Waals surface area (Å²) < 4.78 is 4.84. The smallest absolute Gasteiger partial charge is 0.211 e. The van der Waals surface area contributed by atoms with E-state index in [9.17, 15) is 4.79 Å². The number of likely N-dealkylation sites (N-methyl/N-ethyl adjacent to an activating group) is 1. The van der Waals surface area contributed by atoms with Crippen molar-refractivity contribution in [1.29, 1.82) is 0 Å². The van der Waals surface area contributed by atoms with Gasteiger partial charge >= 0.3 is 0 Å². The van der Waals surface area contributed by atoms with Crippen LogP contribution in [0.1, 0.15) is 0 Å². The molecule has 0 spiro atoms. The number of ether oxygens (including phenoxy) is 1. The Kier molecular flexibility index (Phi) is 6.67. The Hall–Kier alpha value is -0.870. The molecule has 0 aliphatic carbocycles. The molecule has 0 aliphatic rings. The van der Waals surface area contributed by atoms with Crippen LogP contribution in [0.4, 0.5) is 0 Å². The Bertz CT molecular complexity index is 134. The van der Waals surface area contributed by atoms with Crippen molar-refractivity contribution in [2.75, 3.05) is 27.3 Å². The van der Waals surface area contributed by atoms with Crippen molar-refractivity contribution in [3.63, 3.8) is 0 Å². The van der Waals surface area contributed by atoms with Gasteiger partial charge in [-0.25, -0.2) is 0 Å². The summed E-state index contributed by atoms with van der Waals surface area (Å²) in [6.45, 7) is 1.15. The van der Waals surface area contributed by atoms with Gasteiger partial charge in [-0.3, -0.25) is 4.79 Å². The summed E-state index contributed by atoms with van der Waals surface area (Å²) in [6.07, 6.45) is 2.50. The minimum absolute atomic E-state index is 0.431. The van der Waals surface area contributed by atoms with Crippen LogP contribution >= 0.6 is 0 Å². The van der Waals surface area contributed by atoms with Crippen LogP contribution in [-0.4, -0.2) is 33.7 Å². The van der Waals surface area contributed by atoms with Crippen LogP contribution in [0.15, 0.2) is 11.8 Å². The number of carbonyl (C=O) groups excluding carboxylic acids is 1. The molecule has 0 aromatic carbocycles. The number of methoxy groups -OCH3 is 1. The van der Waals surface area contributed by atoms with Crippen LogP contribution in [0.25, 0.3) is 0 Å². The van der Waals surface area contributed by atoms with Crippen LogP contribution in [-0.2, 0) is 9.53 Å². The fraction of sp³-hybridized carbons (Fsp3) is 0.571. The quantitative estimate of drug-likeness (QED) is 0.511. The Morgan fingerprint density at radius 1 is 1.64 bits per heavy atom. The van der Waals surface area contributed by atoms with Gasteiger partial charge < -0.3 is 15.4 Å². The largest absolute Gasteiger partial charge is 0.378 e. The summed E-state index contributed by atoms with van der Waals surface area (Å²) in [4.78, 5) is 10.0. The molecule has 0 aromatic heterocycles. The molecule has 0 rings (SSSR count). The lowest BCUT2D eigenvalue weighted by Crippen LogP contribution is -2.17. The number of hydrogen-bond donors (Lipinski definition) is 2. The lowest BCUT2D eigenvalue weighted by molar-refractivity contribution is -0.109. The van der Waals surface area contributed by atoms with Gasteiger partial charge in [0.05, 0.1) is 6.61 Å². The number of nitrogens with one attached hydrogen (secondary N) is 2. The number of amides is 1. The highest BCUT2D eigenvalue weighted by Crippen LogP contribution is 1.86. The summed E-state index contributed by atoms with van der Waals surface area (Å²) in [6, 6.07) is 0. The third-order valence-electron chi connectivity index (χ3n) is 1.10. The molecule has 1 amide bonds. The van der Waals surface area contributed by atoms with Crippen LogP contribution in [0, 0.1) is 0 Å². The maximum atomic E-state index is 10.0. The van der Waals surface area contributed by atoms with Crippen LogP contribution < -0.4 is 10.6 Å². The minimum atomic E-state index is 0.431. The van der Waals surface area contributed by atoms with Crippen molar-refractivity contribution in [3.8, 4) is 0 Å². The molecule has 64 valence electrons. The van der Waals surface area contributed by atoms with Crippen LogP contribution in [0.2, 0.25) is 0 Å².